The summed E-state index contributed by atoms with van der Waals surface area (Å²) >= 11 is 5.94. The number of amides is 2. The highest BCUT2D eigenvalue weighted by atomic mass is 35.5. The Hall–Kier alpha value is -3.39. The van der Waals surface area contributed by atoms with E-state index < -0.39 is 24.2 Å². The molecule has 2 amide bonds. The average Bonchev–Trinajstić information content (AvgIpc) is 2.64. The number of anilines is 1. The van der Waals surface area contributed by atoms with E-state index in [2.05, 4.69) is 15.8 Å². The van der Waals surface area contributed by atoms with Crippen molar-refractivity contribution in [3.63, 3.8) is 0 Å². The first kappa shape index (κ1) is 20.9. The number of methoxy groups -OCH3 is 1. The van der Waals surface area contributed by atoms with Crippen LogP contribution in [0.4, 0.5) is 5.69 Å². The van der Waals surface area contributed by atoms with E-state index >= 15 is 0 Å². The largest absolute Gasteiger partial charge is 0.493 e. The van der Waals surface area contributed by atoms with Crippen molar-refractivity contribution < 1.29 is 23.9 Å². The van der Waals surface area contributed by atoms with Crippen LogP contribution in [0.25, 0.3) is 0 Å². The van der Waals surface area contributed by atoms with Crippen molar-refractivity contribution in [3.8, 4) is 11.5 Å². The predicted octanol–water partition coefficient (Wildman–Crippen LogP) is 2.75. The van der Waals surface area contributed by atoms with Crippen LogP contribution in [0.2, 0.25) is 5.02 Å². The van der Waals surface area contributed by atoms with Gasteiger partial charge in [0.25, 0.3) is 0 Å². The highest BCUT2D eigenvalue weighted by Crippen LogP contribution is 2.27. The van der Waals surface area contributed by atoms with Gasteiger partial charge in [0.2, 0.25) is 11.8 Å². The fourth-order valence-corrected chi connectivity index (χ4v) is 2.31. The zero-order chi connectivity index (χ0) is 20.5. The molecule has 0 aliphatic rings. The Morgan fingerprint density at radius 1 is 1.11 bits per heavy atom. The molecule has 2 aromatic rings. The third-order valence-corrected chi connectivity index (χ3v) is 3.64. The number of para-hydroxylation sites is 1. The van der Waals surface area contributed by atoms with Crippen molar-refractivity contribution in [1.82, 2.24) is 5.43 Å². The fraction of sp³-hybridized carbons (Fsp3) is 0.158. The predicted molar refractivity (Wildman–Crippen MR) is 105 cm³/mol. The fourth-order valence-electron chi connectivity index (χ4n) is 2.12. The van der Waals surface area contributed by atoms with Crippen molar-refractivity contribution in [1.29, 1.82) is 0 Å². The summed E-state index contributed by atoms with van der Waals surface area (Å²) in [5.74, 6) is -0.975. The molecule has 9 heteroatoms. The number of rotatable bonds is 7. The molecule has 146 valence electrons. The van der Waals surface area contributed by atoms with Crippen LogP contribution in [0.3, 0.4) is 0 Å². The molecule has 2 rings (SSSR count). The minimum Gasteiger partial charge on any atom is -0.493 e. The van der Waals surface area contributed by atoms with Gasteiger partial charge in [0, 0.05) is 6.92 Å². The topological polar surface area (TPSA) is 106 Å². The maximum Gasteiger partial charge on any atom is 0.308 e. The van der Waals surface area contributed by atoms with Gasteiger partial charge in [0.05, 0.1) is 24.0 Å². The number of benzene rings is 2. The van der Waals surface area contributed by atoms with Crippen molar-refractivity contribution in [3.05, 3.63) is 53.1 Å². The Kier molecular flexibility index (Phi) is 7.53. The minimum atomic E-state index is -0.593. The van der Waals surface area contributed by atoms with E-state index in [1.165, 1.54) is 20.2 Å². The van der Waals surface area contributed by atoms with Crippen LogP contribution in [0.5, 0.6) is 11.5 Å². The van der Waals surface area contributed by atoms with E-state index in [1.54, 1.807) is 42.5 Å². The number of halogens is 1. The van der Waals surface area contributed by atoms with Gasteiger partial charge in [0.15, 0.2) is 11.5 Å². The van der Waals surface area contributed by atoms with Gasteiger partial charge in [-0.05, 0) is 35.9 Å². The third kappa shape index (κ3) is 6.40. The Morgan fingerprint density at radius 3 is 2.54 bits per heavy atom. The van der Waals surface area contributed by atoms with E-state index in [-0.39, 0.29) is 5.75 Å². The summed E-state index contributed by atoms with van der Waals surface area (Å²) in [4.78, 5) is 34.7. The summed E-state index contributed by atoms with van der Waals surface area (Å²) < 4.78 is 10.1. The molecule has 8 nitrogen and oxygen atoms in total. The Balaban J connectivity index is 1.89. The van der Waals surface area contributed by atoms with Gasteiger partial charge >= 0.3 is 5.97 Å². The van der Waals surface area contributed by atoms with E-state index in [4.69, 9.17) is 21.1 Å². The highest BCUT2D eigenvalue weighted by Gasteiger charge is 2.11. The van der Waals surface area contributed by atoms with Crippen molar-refractivity contribution >= 4 is 41.3 Å². The SMILES string of the molecule is COc1cc(/C=N/NC(=O)CC(=O)Nc2ccccc2Cl)ccc1OC(C)=O. The number of hydrogen-bond acceptors (Lipinski definition) is 6. The molecule has 0 aliphatic heterocycles. The van der Waals surface area contributed by atoms with Crippen LogP contribution in [0, 0.1) is 0 Å². The molecule has 0 aromatic heterocycles. The van der Waals surface area contributed by atoms with Gasteiger partial charge in [-0.25, -0.2) is 5.43 Å². The van der Waals surface area contributed by atoms with E-state index in [1.807, 2.05) is 0 Å². The maximum atomic E-state index is 11.9. The molecule has 0 spiro atoms. The summed E-state index contributed by atoms with van der Waals surface area (Å²) in [6.07, 6.45) is 0.946. The molecule has 0 heterocycles. The van der Waals surface area contributed by atoms with Crippen LogP contribution in [-0.2, 0) is 14.4 Å². The maximum absolute atomic E-state index is 11.9. The lowest BCUT2D eigenvalue weighted by atomic mass is 10.2. The minimum absolute atomic E-state index is 0.271. The lowest BCUT2D eigenvalue weighted by Gasteiger charge is -2.08. The van der Waals surface area contributed by atoms with E-state index in [9.17, 15) is 14.4 Å². The number of carbonyl (C=O) groups is 3. The second kappa shape index (κ2) is 10.1. The molecule has 0 saturated carbocycles. The van der Waals surface area contributed by atoms with Crippen molar-refractivity contribution in [2.45, 2.75) is 13.3 Å². The summed E-state index contributed by atoms with van der Waals surface area (Å²) in [6.45, 7) is 1.28. The first-order valence-corrected chi connectivity index (χ1v) is 8.49. The molecule has 0 atom stereocenters. The second-order valence-corrected chi connectivity index (χ2v) is 5.91. The average molecular weight is 404 g/mol. The first-order chi connectivity index (χ1) is 13.4. The molecular formula is C19H18ClN3O5. The molecule has 0 unspecified atom stereocenters. The van der Waals surface area contributed by atoms with Gasteiger partial charge in [0.1, 0.15) is 6.42 Å². The van der Waals surface area contributed by atoms with Gasteiger partial charge in [-0.15, -0.1) is 0 Å². The highest BCUT2D eigenvalue weighted by molar-refractivity contribution is 6.33. The number of carbonyl (C=O) groups excluding carboxylic acids is 3. The van der Waals surface area contributed by atoms with Crippen LogP contribution in [-0.4, -0.2) is 31.1 Å². The molecular weight excluding hydrogens is 386 g/mol. The third-order valence-electron chi connectivity index (χ3n) is 3.31. The molecule has 0 fully saturated rings. The van der Waals surface area contributed by atoms with Gasteiger partial charge < -0.3 is 14.8 Å². The first-order valence-electron chi connectivity index (χ1n) is 8.11. The molecule has 28 heavy (non-hydrogen) atoms. The summed E-state index contributed by atoms with van der Waals surface area (Å²) in [5, 5.41) is 6.71. The van der Waals surface area contributed by atoms with Crippen LogP contribution < -0.4 is 20.2 Å². The number of hydrogen-bond donors (Lipinski definition) is 2. The number of nitrogens with zero attached hydrogens (tertiary/aromatic N) is 1. The molecule has 0 bridgehead atoms. The normalized spacial score (nSPS) is 10.4. The summed E-state index contributed by atoms with van der Waals surface area (Å²) in [7, 11) is 1.43. The smallest absolute Gasteiger partial charge is 0.308 e. The lowest BCUT2D eigenvalue weighted by molar-refractivity contribution is -0.132. The Bertz CT molecular complexity index is 914. The Morgan fingerprint density at radius 2 is 1.86 bits per heavy atom. The van der Waals surface area contributed by atoms with Crippen molar-refractivity contribution in [2.24, 2.45) is 5.10 Å². The van der Waals surface area contributed by atoms with E-state index in [0.29, 0.717) is 22.0 Å². The van der Waals surface area contributed by atoms with Crippen LogP contribution in [0.1, 0.15) is 18.9 Å². The van der Waals surface area contributed by atoms with Crippen LogP contribution >= 0.6 is 11.6 Å². The van der Waals surface area contributed by atoms with Crippen LogP contribution in [0.15, 0.2) is 47.6 Å². The Labute approximate surface area is 166 Å². The molecule has 0 radical (unpaired) electrons. The van der Waals surface area contributed by atoms with Gasteiger partial charge in [-0.3, -0.25) is 14.4 Å². The molecule has 2 aromatic carbocycles. The molecule has 0 saturated heterocycles. The second-order valence-electron chi connectivity index (χ2n) is 5.50. The number of hydrazone groups is 1. The van der Waals surface area contributed by atoms with Gasteiger partial charge in [-0.2, -0.15) is 5.10 Å². The molecule has 2 N–H and O–H groups in total. The summed E-state index contributed by atoms with van der Waals surface area (Å²) in [5.41, 5.74) is 3.27. The van der Waals surface area contributed by atoms with Gasteiger partial charge in [-0.1, -0.05) is 23.7 Å². The number of esters is 1. The van der Waals surface area contributed by atoms with Crippen molar-refractivity contribution in [2.75, 3.05) is 12.4 Å². The molecule has 0 aliphatic carbocycles. The standard InChI is InChI=1S/C19H18ClN3O5/c1-12(24)28-16-8-7-13(9-17(16)27-2)11-21-23-19(26)10-18(25)22-15-6-4-3-5-14(15)20/h3-9,11H,10H2,1-2H3,(H,22,25)(H,23,26)/b21-11+. The lowest BCUT2D eigenvalue weighted by Crippen LogP contribution is -2.24. The zero-order valence-electron chi connectivity index (χ0n) is 15.2. The monoisotopic (exact) mass is 403 g/mol. The number of nitrogens with one attached hydrogen (secondary N) is 2. The zero-order valence-corrected chi connectivity index (χ0v) is 15.9. The quantitative estimate of drug-likeness (QED) is 0.243. The van der Waals surface area contributed by atoms with E-state index in [0.717, 1.165) is 0 Å². The summed E-state index contributed by atoms with van der Waals surface area (Å²) in [6, 6.07) is 11.4. The number of ether oxygens (including phenoxy) is 2.